The minimum atomic E-state index is -0.350. The average molecular weight is 420 g/mol. The molecule has 0 aromatic heterocycles. The molecule has 4 rings (SSSR count). The maximum atomic E-state index is 13.5. The summed E-state index contributed by atoms with van der Waals surface area (Å²) in [6.07, 6.45) is 1.34. The van der Waals surface area contributed by atoms with E-state index in [1.165, 1.54) is 0 Å². The van der Waals surface area contributed by atoms with Crippen molar-refractivity contribution < 1.29 is 19.1 Å². The van der Waals surface area contributed by atoms with Gasteiger partial charge < -0.3 is 9.47 Å². The van der Waals surface area contributed by atoms with Gasteiger partial charge in [-0.05, 0) is 54.7 Å². The monoisotopic (exact) mass is 419 g/mol. The molecule has 0 spiro atoms. The van der Waals surface area contributed by atoms with Gasteiger partial charge in [0.05, 0.1) is 14.2 Å². The number of nitrogens with zero attached hydrogens (tertiary/aromatic N) is 1. The van der Waals surface area contributed by atoms with E-state index in [0.717, 1.165) is 28.1 Å². The first-order chi connectivity index (χ1) is 14.7. The van der Waals surface area contributed by atoms with E-state index >= 15 is 0 Å². The largest absolute Gasteiger partial charge is 0.497 e. The average Bonchev–Trinajstić information content (AvgIpc) is 2.71. The van der Waals surface area contributed by atoms with Crippen molar-refractivity contribution in [3.05, 3.63) is 64.9 Å². The van der Waals surface area contributed by atoms with E-state index in [2.05, 4.69) is 13.8 Å². The summed E-state index contributed by atoms with van der Waals surface area (Å²) in [5.41, 5.74) is 4.05. The molecule has 1 atom stereocenters. The third-order valence-corrected chi connectivity index (χ3v) is 6.22. The van der Waals surface area contributed by atoms with Gasteiger partial charge in [0.2, 0.25) is 5.91 Å². The van der Waals surface area contributed by atoms with Gasteiger partial charge in [0, 0.05) is 41.3 Å². The summed E-state index contributed by atoms with van der Waals surface area (Å²) in [7, 11) is 3.21. The molecule has 1 aliphatic heterocycles. The van der Waals surface area contributed by atoms with Gasteiger partial charge in [-0.15, -0.1) is 0 Å². The molecule has 5 heteroatoms. The third kappa shape index (κ3) is 3.85. The van der Waals surface area contributed by atoms with E-state index in [1.54, 1.807) is 19.1 Å². The zero-order valence-electron chi connectivity index (χ0n) is 18.8. The topological polar surface area (TPSA) is 55.8 Å². The highest BCUT2D eigenvalue weighted by molar-refractivity contribution is 6.08. The molecule has 0 bridgehead atoms. The van der Waals surface area contributed by atoms with Crippen molar-refractivity contribution in [3.8, 4) is 11.5 Å². The van der Waals surface area contributed by atoms with Crippen LogP contribution in [0.25, 0.3) is 0 Å². The number of ketones is 1. The predicted molar refractivity (Wildman–Crippen MR) is 121 cm³/mol. The van der Waals surface area contributed by atoms with Crippen LogP contribution in [0.5, 0.6) is 11.5 Å². The van der Waals surface area contributed by atoms with Crippen molar-refractivity contribution in [2.75, 3.05) is 19.1 Å². The first-order valence-electron chi connectivity index (χ1n) is 10.6. The second-order valence-electron chi connectivity index (χ2n) is 9.23. The number of carbonyl (C=O) groups is 2. The molecule has 2 aliphatic rings. The Bertz CT molecular complexity index is 1080. The molecule has 0 unspecified atom stereocenters. The quantitative estimate of drug-likeness (QED) is 0.686. The van der Waals surface area contributed by atoms with Crippen LogP contribution in [0.15, 0.2) is 53.7 Å². The summed E-state index contributed by atoms with van der Waals surface area (Å²) in [6, 6.07) is 13.4. The highest BCUT2D eigenvalue weighted by Crippen LogP contribution is 2.50. The van der Waals surface area contributed by atoms with Crippen LogP contribution in [0.3, 0.4) is 0 Å². The Labute approximate surface area is 183 Å². The van der Waals surface area contributed by atoms with Gasteiger partial charge in [-0.25, -0.2) is 0 Å². The normalized spacial score (nSPS) is 20.5. The van der Waals surface area contributed by atoms with Crippen molar-refractivity contribution in [1.82, 2.24) is 0 Å². The molecule has 0 fully saturated rings. The molecule has 1 aliphatic carbocycles. The maximum absolute atomic E-state index is 13.5. The third-order valence-electron chi connectivity index (χ3n) is 6.22. The Balaban J connectivity index is 1.94. The molecule has 162 valence electrons. The minimum Gasteiger partial charge on any atom is -0.497 e. The Hall–Kier alpha value is -3.08. The number of anilines is 1. The zero-order chi connectivity index (χ0) is 22.3. The van der Waals surface area contributed by atoms with Crippen molar-refractivity contribution in [3.63, 3.8) is 0 Å². The number of carbonyl (C=O) groups excluding carboxylic acids is 2. The second kappa shape index (κ2) is 7.88. The summed E-state index contributed by atoms with van der Waals surface area (Å²) < 4.78 is 11.0. The van der Waals surface area contributed by atoms with E-state index in [4.69, 9.17) is 9.47 Å². The van der Waals surface area contributed by atoms with Crippen LogP contribution >= 0.6 is 0 Å². The van der Waals surface area contributed by atoms with E-state index < -0.39 is 0 Å². The number of allylic oxidation sites excluding steroid dienone is 2. The number of ether oxygens (including phenoxy) is 2. The summed E-state index contributed by atoms with van der Waals surface area (Å²) in [4.78, 5) is 28.8. The predicted octanol–water partition coefficient (Wildman–Crippen LogP) is 5.18. The van der Waals surface area contributed by atoms with Gasteiger partial charge in [-0.3, -0.25) is 14.5 Å². The number of Topliss-reactive ketones (excluding diaryl/α,β-unsaturated/α-hetero) is 1. The van der Waals surface area contributed by atoms with Gasteiger partial charge in [-0.1, -0.05) is 26.0 Å². The van der Waals surface area contributed by atoms with Gasteiger partial charge in [0.25, 0.3) is 0 Å². The molecule has 0 radical (unpaired) electrons. The molecule has 5 nitrogen and oxygen atoms in total. The molecule has 2 aromatic carbocycles. The summed E-state index contributed by atoms with van der Waals surface area (Å²) in [5.74, 6) is 1.08. The molecule has 0 N–H and O–H groups in total. The highest BCUT2D eigenvalue weighted by Gasteiger charge is 2.45. The van der Waals surface area contributed by atoms with Crippen LogP contribution in [-0.2, 0) is 9.59 Å². The van der Waals surface area contributed by atoms with Crippen molar-refractivity contribution in [2.24, 2.45) is 5.41 Å². The van der Waals surface area contributed by atoms with Crippen LogP contribution in [0, 0.1) is 12.3 Å². The van der Waals surface area contributed by atoms with E-state index in [0.29, 0.717) is 24.3 Å². The van der Waals surface area contributed by atoms with Gasteiger partial charge in [0.1, 0.15) is 11.5 Å². The second-order valence-corrected chi connectivity index (χ2v) is 9.23. The molecular formula is C26H29NO4. The number of rotatable bonds is 4. The van der Waals surface area contributed by atoms with Crippen molar-refractivity contribution in [1.29, 1.82) is 0 Å². The van der Waals surface area contributed by atoms with Crippen LogP contribution in [0.1, 0.15) is 50.2 Å². The van der Waals surface area contributed by atoms with Gasteiger partial charge >= 0.3 is 0 Å². The first-order valence-corrected chi connectivity index (χ1v) is 10.6. The molecule has 1 amide bonds. The molecular weight excluding hydrogens is 390 g/mol. The Morgan fingerprint density at radius 2 is 1.77 bits per heavy atom. The number of methoxy groups -OCH3 is 2. The maximum Gasteiger partial charge on any atom is 0.232 e. The number of aryl methyl sites for hydroxylation is 1. The SMILES string of the molecule is COc1ccc(OC)c([C@@H]2CC(=O)N(c3cccc(C)c3)C3=C2C(=O)CC(C)(C)C3)c1. The van der Waals surface area contributed by atoms with Crippen molar-refractivity contribution >= 4 is 17.4 Å². The summed E-state index contributed by atoms with van der Waals surface area (Å²) in [5, 5.41) is 0. The molecule has 31 heavy (non-hydrogen) atoms. The van der Waals surface area contributed by atoms with Crippen LogP contribution in [0.4, 0.5) is 5.69 Å². The lowest BCUT2D eigenvalue weighted by atomic mass is 9.69. The van der Waals surface area contributed by atoms with E-state index in [9.17, 15) is 9.59 Å². The number of benzene rings is 2. The van der Waals surface area contributed by atoms with Crippen LogP contribution in [0.2, 0.25) is 0 Å². The van der Waals surface area contributed by atoms with Crippen LogP contribution < -0.4 is 14.4 Å². The lowest BCUT2D eigenvalue weighted by Gasteiger charge is -2.43. The fraction of sp³-hybridized carbons (Fsp3) is 0.385. The Kier molecular flexibility index (Phi) is 5.38. The zero-order valence-corrected chi connectivity index (χ0v) is 18.8. The first kappa shape index (κ1) is 21.2. The highest BCUT2D eigenvalue weighted by atomic mass is 16.5. The lowest BCUT2D eigenvalue weighted by molar-refractivity contribution is -0.121. The van der Waals surface area contributed by atoms with Gasteiger partial charge in [0.15, 0.2) is 5.78 Å². The fourth-order valence-corrected chi connectivity index (χ4v) is 4.86. The van der Waals surface area contributed by atoms with Crippen molar-refractivity contribution in [2.45, 2.75) is 46.0 Å². The van der Waals surface area contributed by atoms with Crippen LogP contribution in [-0.4, -0.2) is 25.9 Å². The van der Waals surface area contributed by atoms with E-state index in [-0.39, 0.29) is 29.4 Å². The summed E-state index contributed by atoms with van der Waals surface area (Å²) >= 11 is 0. The summed E-state index contributed by atoms with van der Waals surface area (Å²) in [6.45, 7) is 6.18. The number of hydrogen-bond acceptors (Lipinski definition) is 4. The van der Waals surface area contributed by atoms with Gasteiger partial charge in [-0.2, -0.15) is 0 Å². The Morgan fingerprint density at radius 3 is 2.45 bits per heavy atom. The molecule has 1 heterocycles. The molecule has 0 saturated heterocycles. The minimum absolute atomic E-state index is 0.00952. The fourth-order valence-electron chi connectivity index (χ4n) is 4.86. The smallest absolute Gasteiger partial charge is 0.232 e. The standard InChI is InChI=1S/C26H29NO4/c1-16-7-6-8-17(11-16)27-21-14-26(2,3)15-22(28)25(21)20(13-24(27)29)19-12-18(30-4)9-10-23(19)31-5/h6-12,20H,13-15H2,1-5H3/t20-/m0/s1. The molecule has 0 saturated carbocycles. The Morgan fingerprint density at radius 1 is 1.00 bits per heavy atom. The van der Waals surface area contributed by atoms with E-state index in [1.807, 2.05) is 49.4 Å². The number of hydrogen-bond donors (Lipinski definition) is 0. The number of amides is 1. The lowest BCUT2D eigenvalue weighted by Crippen LogP contribution is -2.43. The molecule has 2 aromatic rings.